The van der Waals surface area contributed by atoms with Gasteiger partial charge in [0.25, 0.3) is 0 Å². The van der Waals surface area contributed by atoms with Gasteiger partial charge in [-0.1, -0.05) is 27.7 Å². The first-order valence-corrected chi connectivity index (χ1v) is 9.15. The van der Waals surface area contributed by atoms with Gasteiger partial charge in [0.05, 0.1) is 11.7 Å². The van der Waals surface area contributed by atoms with Crippen molar-refractivity contribution in [3.63, 3.8) is 0 Å². The first-order chi connectivity index (χ1) is 11.8. The number of aliphatic carboxylic acids is 1. The Kier molecular flexibility index (Phi) is 6.05. The van der Waals surface area contributed by atoms with Gasteiger partial charge in [0.1, 0.15) is 0 Å². The summed E-state index contributed by atoms with van der Waals surface area (Å²) in [7, 11) is -0.191. The van der Waals surface area contributed by atoms with Gasteiger partial charge in [0, 0.05) is 0 Å². The summed E-state index contributed by atoms with van der Waals surface area (Å²) in [6, 6.07) is 0. The lowest BCUT2D eigenvalue weighted by Gasteiger charge is -2.64. The van der Waals surface area contributed by atoms with E-state index in [2.05, 4.69) is 39.8 Å². The van der Waals surface area contributed by atoms with E-state index < -0.39 is 12.1 Å². The lowest BCUT2D eigenvalue weighted by Crippen LogP contribution is -2.65. The van der Waals surface area contributed by atoms with Gasteiger partial charge in [-0.15, -0.1) is 0 Å². The van der Waals surface area contributed by atoms with Gasteiger partial charge in [0.2, 0.25) is 0 Å². The third-order valence-corrected chi connectivity index (χ3v) is 6.22. The molecule has 1 aliphatic heterocycles. The van der Waals surface area contributed by atoms with E-state index in [1.165, 1.54) is 19.3 Å². The Bertz CT molecular complexity index is 529. The molecule has 2 bridgehead atoms. The Morgan fingerprint density at radius 1 is 1.31 bits per heavy atom. The molecule has 1 saturated heterocycles. The third kappa shape index (κ3) is 4.20. The topological polar surface area (TPSA) is 67.8 Å². The van der Waals surface area contributed by atoms with E-state index in [0.717, 1.165) is 18.4 Å². The summed E-state index contributed by atoms with van der Waals surface area (Å²) in [6.07, 6.45) is -1.13. The molecule has 4 fully saturated rings. The number of nitrogens with one attached hydrogen (secondary N) is 1. The number of rotatable bonds is 4. The van der Waals surface area contributed by atoms with Crippen molar-refractivity contribution in [3.05, 3.63) is 0 Å². The summed E-state index contributed by atoms with van der Waals surface area (Å²) in [4.78, 5) is 8.90. The number of hydrogen-bond acceptors (Lipinski definition) is 4. The van der Waals surface area contributed by atoms with E-state index in [4.69, 9.17) is 19.2 Å². The number of carboxylic acid groups (broad SMARTS) is 1. The van der Waals surface area contributed by atoms with Crippen molar-refractivity contribution in [2.45, 2.75) is 71.8 Å². The van der Waals surface area contributed by atoms with Gasteiger partial charge >= 0.3 is 19.4 Å². The van der Waals surface area contributed by atoms with E-state index in [9.17, 15) is 13.2 Å². The second kappa shape index (κ2) is 7.32. The number of hydrogen-bond donors (Lipinski definition) is 2. The van der Waals surface area contributed by atoms with E-state index in [1.54, 1.807) is 0 Å². The maximum Gasteiger partial charge on any atom is 0.555 e. The van der Waals surface area contributed by atoms with Crippen LogP contribution < -0.4 is 5.23 Å². The minimum absolute atomic E-state index is 0.0756. The molecule has 0 aromatic heterocycles. The van der Waals surface area contributed by atoms with Crippen molar-refractivity contribution in [1.82, 2.24) is 5.23 Å². The molecule has 0 spiro atoms. The third-order valence-electron chi connectivity index (χ3n) is 6.22. The smallest absolute Gasteiger partial charge is 0.475 e. The van der Waals surface area contributed by atoms with Gasteiger partial charge in [-0.25, -0.2) is 4.79 Å². The fraction of sp³-hybridized carbons (Fsp3) is 0.941. The Labute approximate surface area is 153 Å². The predicted octanol–water partition coefficient (Wildman–Crippen LogP) is 3.48. The van der Waals surface area contributed by atoms with Crippen LogP contribution in [0.2, 0.25) is 0 Å². The zero-order valence-electron chi connectivity index (χ0n) is 16.0. The minimum atomic E-state index is -5.08. The lowest BCUT2D eigenvalue weighted by atomic mass is 9.43. The highest BCUT2D eigenvalue weighted by molar-refractivity contribution is 6.42. The normalized spacial score (nSPS) is 34.7. The first kappa shape index (κ1) is 21.5. The molecule has 0 amide bonds. The SMILES string of the molecule is CC(C)CCNB1O[C@@H]2C[C@@H]3C[C@@H](C3(C)C)[C@]2(C)O1.O=C(O)C(F)(F)F. The quantitative estimate of drug-likeness (QED) is 0.733. The molecule has 1 heterocycles. The van der Waals surface area contributed by atoms with E-state index in [-0.39, 0.29) is 12.9 Å². The molecule has 0 aromatic carbocycles. The molecule has 26 heavy (non-hydrogen) atoms. The number of carboxylic acids is 1. The van der Waals surface area contributed by atoms with Crippen LogP contribution in [0.15, 0.2) is 0 Å². The second-order valence-corrected chi connectivity index (χ2v) is 8.74. The summed E-state index contributed by atoms with van der Waals surface area (Å²) >= 11 is 0. The summed E-state index contributed by atoms with van der Waals surface area (Å²) in [6.45, 7) is 12.5. The standard InChI is InChI=1S/C15H28BNO2.C2HF3O2/c1-10(2)6-7-17-16-18-13-9-11-8-12(14(11,3)4)15(13,5)19-16;3-2(4,5)1(6)7/h10-13,17H,6-9H2,1-5H3;(H,6,7)/t11-,12-,13+,15-;/m0./s1. The van der Waals surface area contributed by atoms with Gasteiger partial charge in [-0.05, 0) is 55.9 Å². The molecular formula is C17H29BF3NO4. The Morgan fingerprint density at radius 3 is 2.35 bits per heavy atom. The van der Waals surface area contributed by atoms with Crippen LogP contribution >= 0.6 is 0 Å². The molecule has 0 aromatic rings. The van der Waals surface area contributed by atoms with E-state index in [0.29, 0.717) is 17.4 Å². The highest BCUT2D eigenvalue weighted by Gasteiger charge is 2.67. The maximum absolute atomic E-state index is 10.6. The molecule has 150 valence electrons. The molecule has 9 heteroatoms. The fourth-order valence-corrected chi connectivity index (χ4v) is 4.44. The van der Waals surface area contributed by atoms with Crippen LogP contribution in [0.4, 0.5) is 13.2 Å². The monoisotopic (exact) mass is 379 g/mol. The van der Waals surface area contributed by atoms with Crippen LogP contribution in [-0.4, -0.2) is 42.8 Å². The molecule has 4 atom stereocenters. The van der Waals surface area contributed by atoms with Crippen LogP contribution in [0, 0.1) is 23.2 Å². The van der Waals surface area contributed by atoms with E-state index in [1.807, 2.05) is 0 Å². The Morgan fingerprint density at radius 2 is 1.88 bits per heavy atom. The van der Waals surface area contributed by atoms with Gasteiger partial charge in [-0.2, -0.15) is 13.2 Å². The summed E-state index contributed by atoms with van der Waals surface area (Å²) in [5.74, 6) is -0.555. The molecule has 4 aliphatic rings. The van der Waals surface area contributed by atoms with E-state index >= 15 is 0 Å². The predicted molar refractivity (Wildman–Crippen MR) is 91.3 cm³/mol. The fourth-order valence-electron chi connectivity index (χ4n) is 4.44. The minimum Gasteiger partial charge on any atom is -0.475 e. The van der Waals surface area contributed by atoms with Gasteiger partial charge < -0.3 is 19.6 Å². The molecular weight excluding hydrogens is 350 g/mol. The largest absolute Gasteiger partial charge is 0.555 e. The molecule has 3 saturated carbocycles. The van der Waals surface area contributed by atoms with Crippen molar-refractivity contribution in [3.8, 4) is 0 Å². The summed E-state index contributed by atoms with van der Waals surface area (Å²) < 4.78 is 44.1. The van der Waals surface area contributed by atoms with Crippen molar-refractivity contribution >= 4 is 13.2 Å². The number of halogens is 3. The molecule has 0 radical (unpaired) electrons. The maximum atomic E-state index is 10.6. The zero-order chi connectivity index (χ0) is 19.9. The van der Waals surface area contributed by atoms with Crippen LogP contribution in [0.25, 0.3) is 0 Å². The molecule has 2 N–H and O–H groups in total. The highest BCUT2D eigenvalue weighted by atomic mass is 19.4. The highest BCUT2D eigenvalue weighted by Crippen LogP contribution is 2.65. The van der Waals surface area contributed by atoms with Crippen molar-refractivity contribution in [1.29, 1.82) is 0 Å². The lowest BCUT2D eigenvalue weighted by molar-refractivity contribution is -0.199. The number of carbonyl (C=O) groups is 1. The van der Waals surface area contributed by atoms with Crippen molar-refractivity contribution < 1.29 is 32.4 Å². The zero-order valence-corrected chi connectivity index (χ0v) is 16.0. The molecule has 3 aliphatic carbocycles. The van der Waals surface area contributed by atoms with Crippen LogP contribution in [0.1, 0.15) is 53.9 Å². The molecule has 4 rings (SSSR count). The average Bonchev–Trinajstić information content (AvgIpc) is 2.81. The summed E-state index contributed by atoms with van der Waals surface area (Å²) in [5.41, 5.74) is 0.356. The van der Waals surface area contributed by atoms with Crippen LogP contribution in [-0.2, 0) is 14.1 Å². The second-order valence-electron chi connectivity index (χ2n) is 8.74. The Balaban J connectivity index is 0.000000298. The van der Waals surface area contributed by atoms with Crippen molar-refractivity contribution in [2.75, 3.05) is 6.54 Å². The average molecular weight is 379 g/mol. The molecule has 5 nitrogen and oxygen atoms in total. The summed E-state index contributed by atoms with van der Waals surface area (Å²) in [5, 5.41) is 10.5. The van der Waals surface area contributed by atoms with Crippen molar-refractivity contribution in [2.24, 2.45) is 23.2 Å². The molecule has 0 unspecified atom stereocenters. The van der Waals surface area contributed by atoms with Gasteiger partial charge in [0.15, 0.2) is 0 Å². The van der Waals surface area contributed by atoms with Crippen LogP contribution in [0.5, 0.6) is 0 Å². The first-order valence-electron chi connectivity index (χ1n) is 9.15. The number of alkyl halides is 3. The van der Waals surface area contributed by atoms with Crippen LogP contribution in [0.3, 0.4) is 0 Å². The van der Waals surface area contributed by atoms with Gasteiger partial charge in [-0.3, -0.25) is 0 Å². The Hall–Kier alpha value is -0.795.